The van der Waals surface area contributed by atoms with E-state index in [2.05, 4.69) is 33.7 Å². The fourth-order valence-electron chi connectivity index (χ4n) is 0.617. The zero-order valence-corrected chi connectivity index (χ0v) is 15.0. The van der Waals surface area contributed by atoms with Crippen LogP contribution in [-0.4, -0.2) is 35.3 Å². The fraction of sp³-hybridized carbons (Fsp3) is 0.909. The third kappa shape index (κ3) is 24.5. The summed E-state index contributed by atoms with van der Waals surface area (Å²) in [5.41, 5.74) is -0.366. The molecule has 0 aromatic rings. The number of nitrogens with zero attached hydrogens (tertiary/aromatic N) is 1. The standard InChI is InChI=1S/C9H20O2.C2H6NS.Y/c1-8(2)5-6-11-9(3,4)7-10;1-3(2)4;/h8,10H,5-7H2,1-4H3;4H,1H2,2H3;/q;-1;. The topological polar surface area (TPSA) is 32.7 Å². The summed E-state index contributed by atoms with van der Waals surface area (Å²) in [6.07, 6.45) is 1.06. The molecule has 1 N–H and O–H groups in total. The molecule has 0 unspecified atom stereocenters. The molecule has 0 fully saturated rings. The quantitative estimate of drug-likeness (QED) is 0.601. The molecule has 16 heavy (non-hydrogen) atoms. The van der Waals surface area contributed by atoms with E-state index in [-0.39, 0.29) is 44.9 Å². The van der Waals surface area contributed by atoms with Crippen LogP contribution < -0.4 is 0 Å². The van der Waals surface area contributed by atoms with Gasteiger partial charge in [0.1, 0.15) is 0 Å². The van der Waals surface area contributed by atoms with Crippen molar-refractivity contribution in [2.45, 2.75) is 39.7 Å². The summed E-state index contributed by atoms with van der Waals surface area (Å²) >= 11 is 3.69. The number of hydrogen-bond donors (Lipinski definition) is 2. The summed E-state index contributed by atoms with van der Waals surface area (Å²) in [6.45, 7) is 8.95. The summed E-state index contributed by atoms with van der Waals surface area (Å²) in [5.74, 6) is 0.671. The van der Waals surface area contributed by atoms with Crippen LogP contribution in [0.1, 0.15) is 34.1 Å². The maximum absolute atomic E-state index is 8.83. The first-order chi connectivity index (χ1) is 6.71. The van der Waals surface area contributed by atoms with Gasteiger partial charge >= 0.3 is 0 Å². The summed E-state index contributed by atoms with van der Waals surface area (Å²) < 4.78 is 6.88. The number of thiol groups is 1. The summed E-state index contributed by atoms with van der Waals surface area (Å²) in [6, 6.07) is 0. The molecule has 0 bridgehead atoms. The molecule has 0 saturated heterocycles. The van der Waals surface area contributed by atoms with Gasteiger partial charge in [-0.3, -0.25) is 7.05 Å². The molecule has 0 atom stereocenters. The van der Waals surface area contributed by atoms with Gasteiger partial charge < -0.3 is 14.1 Å². The molecule has 3 nitrogen and oxygen atoms in total. The molecule has 0 aromatic carbocycles. The van der Waals surface area contributed by atoms with E-state index in [1.807, 2.05) is 13.8 Å². The van der Waals surface area contributed by atoms with E-state index < -0.39 is 0 Å². The molecular formula is C11H26NO2SY-. The number of ether oxygens (including phenoxy) is 1. The number of rotatable bonds is 5. The van der Waals surface area contributed by atoms with Gasteiger partial charge in [-0.05, 0) is 33.2 Å². The van der Waals surface area contributed by atoms with Crippen LogP contribution in [0.2, 0.25) is 0 Å². The Balaban J connectivity index is -0.000000292. The van der Waals surface area contributed by atoms with Crippen LogP contribution >= 0.6 is 12.8 Å². The van der Waals surface area contributed by atoms with Crippen LogP contribution in [0.5, 0.6) is 0 Å². The average Bonchev–Trinajstić information content (AvgIpc) is 2.02. The maximum atomic E-state index is 8.83. The van der Waals surface area contributed by atoms with Crippen LogP contribution in [0, 0.1) is 13.0 Å². The Kier molecular flexibility index (Phi) is 18.0. The molecule has 0 heterocycles. The Morgan fingerprint density at radius 2 is 1.81 bits per heavy atom. The normalized spacial score (nSPS) is 10.9. The Bertz CT molecular complexity index is 141. The summed E-state index contributed by atoms with van der Waals surface area (Å²) in [4.78, 5) is 0. The van der Waals surface area contributed by atoms with Crippen molar-refractivity contribution in [3.8, 4) is 0 Å². The van der Waals surface area contributed by atoms with Crippen LogP contribution in [0.4, 0.5) is 0 Å². The number of aliphatic hydroxyl groups excluding tert-OH is 1. The minimum Gasteiger partial charge on any atom is -0.410 e. The van der Waals surface area contributed by atoms with E-state index in [0.717, 1.165) is 13.0 Å². The van der Waals surface area contributed by atoms with Crippen molar-refractivity contribution >= 4 is 12.8 Å². The van der Waals surface area contributed by atoms with Gasteiger partial charge in [-0.15, -0.1) is 12.8 Å². The fourth-order valence-corrected chi connectivity index (χ4v) is 0.617. The van der Waals surface area contributed by atoms with Crippen LogP contribution in [0.25, 0.3) is 0 Å². The molecule has 0 aliphatic carbocycles. The van der Waals surface area contributed by atoms with Crippen molar-refractivity contribution in [1.82, 2.24) is 4.31 Å². The molecule has 0 saturated carbocycles. The van der Waals surface area contributed by atoms with E-state index in [9.17, 15) is 0 Å². The maximum Gasteiger partial charge on any atom is 0.0856 e. The van der Waals surface area contributed by atoms with Crippen LogP contribution in [-0.2, 0) is 37.4 Å². The van der Waals surface area contributed by atoms with Crippen LogP contribution in [0.3, 0.4) is 0 Å². The van der Waals surface area contributed by atoms with Crippen molar-refractivity contribution in [1.29, 1.82) is 0 Å². The molecule has 1 radical (unpaired) electrons. The van der Waals surface area contributed by atoms with Gasteiger partial charge in [0.15, 0.2) is 0 Å². The molecule has 0 aliphatic rings. The molecule has 0 rings (SSSR count). The van der Waals surface area contributed by atoms with Crippen molar-refractivity contribution < 1.29 is 42.6 Å². The summed E-state index contributed by atoms with van der Waals surface area (Å²) in [7, 11) is 5.09. The molecular weight excluding hydrogens is 299 g/mol. The first-order valence-corrected chi connectivity index (χ1v) is 5.59. The average molecular weight is 325 g/mol. The first kappa shape index (κ1) is 22.5. The molecule has 0 spiro atoms. The minimum absolute atomic E-state index is 0. The van der Waals surface area contributed by atoms with Gasteiger partial charge in [-0.2, -0.15) is 0 Å². The molecule has 0 aliphatic heterocycles. The number of aliphatic hydroxyl groups is 1. The van der Waals surface area contributed by atoms with Gasteiger partial charge in [0.2, 0.25) is 0 Å². The molecule has 97 valence electrons. The summed E-state index contributed by atoms with van der Waals surface area (Å²) in [5, 5.41) is 8.83. The van der Waals surface area contributed by atoms with E-state index in [1.54, 1.807) is 7.05 Å². The second-order valence-electron chi connectivity index (χ2n) is 4.61. The second kappa shape index (κ2) is 12.8. The van der Waals surface area contributed by atoms with Crippen molar-refractivity contribution in [2.24, 2.45) is 5.92 Å². The minimum atomic E-state index is -0.366. The van der Waals surface area contributed by atoms with Gasteiger partial charge in [0.25, 0.3) is 0 Å². The Labute approximate surface area is 132 Å². The predicted octanol–water partition coefficient (Wildman–Crippen LogP) is 2.37. The van der Waals surface area contributed by atoms with Crippen molar-refractivity contribution in [3.05, 3.63) is 7.05 Å². The zero-order valence-electron chi connectivity index (χ0n) is 11.2. The van der Waals surface area contributed by atoms with Gasteiger partial charge in [0.05, 0.1) is 12.2 Å². The smallest absolute Gasteiger partial charge is 0.0856 e. The van der Waals surface area contributed by atoms with E-state index in [1.165, 1.54) is 4.31 Å². The first-order valence-electron chi connectivity index (χ1n) is 5.19. The largest absolute Gasteiger partial charge is 0.410 e. The Morgan fingerprint density at radius 1 is 1.44 bits per heavy atom. The molecule has 0 amide bonds. The second-order valence-corrected chi connectivity index (χ2v) is 5.29. The third-order valence-electron chi connectivity index (χ3n) is 1.57. The van der Waals surface area contributed by atoms with Crippen LogP contribution in [0.15, 0.2) is 0 Å². The predicted molar refractivity (Wildman–Crippen MR) is 68.7 cm³/mol. The Hall–Kier alpha value is 1.33. The molecule has 0 aromatic heterocycles. The van der Waals surface area contributed by atoms with E-state index in [4.69, 9.17) is 9.84 Å². The third-order valence-corrected chi connectivity index (χ3v) is 1.57. The SMILES string of the molecule is CC(C)CCOC(C)(C)CO.[CH2-]N(C)S.[Y]. The van der Waals surface area contributed by atoms with Gasteiger partial charge in [-0.25, -0.2) is 0 Å². The molecule has 5 heteroatoms. The number of hydrogen-bond acceptors (Lipinski definition) is 4. The van der Waals surface area contributed by atoms with Crippen molar-refractivity contribution in [2.75, 3.05) is 20.3 Å². The monoisotopic (exact) mass is 325 g/mol. The van der Waals surface area contributed by atoms with Gasteiger partial charge in [-0.1, -0.05) is 13.8 Å². The van der Waals surface area contributed by atoms with Crippen molar-refractivity contribution in [3.63, 3.8) is 0 Å². The van der Waals surface area contributed by atoms with Gasteiger partial charge in [0, 0.05) is 39.3 Å². The van der Waals surface area contributed by atoms with E-state index >= 15 is 0 Å². The van der Waals surface area contributed by atoms with E-state index in [0.29, 0.717) is 5.92 Å². The Morgan fingerprint density at radius 3 is 2.06 bits per heavy atom. The zero-order chi connectivity index (χ0) is 12.5.